The Labute approximate surface area is 141 Å². The number of hydrogen-bond donors (Lipinski definition) is 1. The van der Waals surface area contributed by atoms with Gasteiger partial charge in [0.2, 0.25) is 5.95 Å². The minimum Gasteiger partial charge on any atom is -0.341 e. The summed E-state index contributed by atoms with van der Waals surface area (Å²) in [5.41, 5.74) is 1.60. The third-order valence-corrected chi connectivity index (χ3v) is 4.92. The second-order valence-corrected chi connectivity index (χ2v) is 6.54. The lowest BCUT2D eigenvalue weighted by Gasteiger charge is -2.32. The molecule has 1 amide bonds. The van der Waals surface area contributed by atoms with E-state index < -0.39 is 0 Å². The Hall–Kier alpha value is -2.44. The number of aromatic amines is 1. The number of anilines is 1. The first-order valence-electron chi connectivity index (χ1n) is 8.68. The molecule has 7 nitrogen and oxygen atoms in total. The van der Waals surface area contributed by atoms with Crippen molar-refractivity contribution in [3.63, 3.8) is 0 Å². The maximum absolute atomic E-state index is 12.9. The molecule has 7 heteroatoms. The van der Waals surface area contributed by atoms with E-state index in [0.29, 0.717) is 24.1 Å². The van der Waals surface area contributed by atoms with Crippen molar-refractivity contribution < 1.29 is 4.79 Å². The van der Waals surface area contributed by atoms with Crippen LogP contribution in [0.2, 0.25) is 0 Å². The van der Waals surface area contributed by atoms with Gasteiger partial charge >= 0.3 is 0 Å². The molecule has 1 atom stereocenters. The Morgan fingerprint density at radius 1 is 1.12 bits per heavy atom. The Kier molecular flexibility index (Phi) is 4.15. The third-order valence-electron chi connectivity index (χ3n) is 4.92. The maximum atomic E-state index is 12.9. The molecule has 24 heavy (non-hydrogen) atoms. The van der Waals surface area contributed by atoms with E-state index in [0.717, 1.165) is 38.2 Å². The molecule has 2 aliphatic rings. The van der Waals surface area contributed by atoms with Gasteiger partial charge in [-0.3, -0.25) is 9.89 Å². The maximum Gasteiger partial charge on any atom is 0.272 e. The van der Waals surface area contributed by atoms with Gasteiger partial charge in [-0.1, -0.05) is 0 Å². The van der Waals surface area contributed by atoms with Crippen LogP contribution in [0, 0.1) is 0 Å². The molecule has 4 heterocycles. The van der Waals surface area contributed by atoms with Gasteiger partial charge in [0.15, 0.2) is 0 Å². The Bertz CT molecular complexity index is 695. The smallest absolute Gasteiger partial charge is 0.272 e. The van der Waals surface area contributed by atoms with Crippen molar-refractivity contribution >= 4 is 11.9 Å². The van der Waals surface area contributed by atoms with Crippen LogP contribution < -0.4 is 4.90 Å². The van der Waals surface area contributed by atoms with E-state index in [2.05, 4.69) is 25.1 Å². The third kappa shape index (κ3) is 2.98. The molecule has 1 N–H and O–H groups in total. The molecule has 2 aliphatic heterocycles. The van der Waals surface area contributed by atoms with Gasteiger partial charge in [0, 0.05) is 50.2 Å². The number of amides is 1. The summed E-state index contributed by atoms with van der Waals surface area (Å²) >= 11 is 0. The SMILES string of the molecule is O=C(c1ccnc(N2CCCC2)n1)N1CCCC(c2ccn[nH]2)C1. The summed E-state index contributed by atoms with van der Waals surface area (Å²) in [7, 11) is 0. The molecule has 2 fully saturated rings. The molecule has 126 valence electrons. The summed E-state index contributed by atoms with van der Waals surface area (Å²) < 4.78 is 0. The van der Waals surface area contributed by atoms with Crippen LogP contribution in [0.25, 0.3) is 0 Å². The first-order valence-corrected chi connectivity index (χ1v) is 8.68. The zero-order valence-corrected chi connectivity index (χ0v) is 13.7. The highest BCUT2D eigenvalue weighted by molar-refractivity contribution is 5.92. The van der Waals surface area contributed by atoms with Crippen molar-refractivity contribution in [1.29, 1.82) is 0 Å². The lowest BCUT2D eigenvalue weighted by molar-refractivity contribution is 0.0700. The molecule has 1 unspecified atom stereocenters. The first kappa shape index (κ1) is 15.1. The molecule has 0 aliphatic carbocycles. The molecular weight excluding hydrogens is 304 g/mol. The van der Waals surface area contributed by atoms with Crippen molar-refractivity contribution in [2.75, 3.05) is 31.1 Å². The molecule has 0 radical (unpaired) electrons. The minimum absolute atomic E-state index is 0.00191. The molecule has 2 aromatic heterocycles. The Morgan fingerprint density at radius 3 is 2.79 bits per heavy atom. The van der Waals surface area contributed by atoms with E-state index in [1.165, 1.54) is 12.8 Å². The van der Waals surface area contributed by atoms with E-state index in [-0.39, 0.29) is 5.91 Å². The lowest BCUT2D eigenvalue weighted by atomic mass is 9.95. The highest BCUT2D eigenvalue weighted by Crippen LogP contribution is 2.26. The number of carbonyl (C=O) groups is 1. The molecule has 0 bridgehead atoms. The van der Waals surface area contributed by atoms with Crippen LogP contribution in [-0.2, 0) is 0 Å². The Balaban J connectivity index is 1.49. The van der Waals surface area contributed by atoms with Crippen LogP contribution in [0.5, 0.6) is 0 Å². The average molecular weight is 326 g/mol. The minimum atomic E-state index is 0.00191. The van der Waals surface area contributed by atoms with Gasteiger partial charge in [-0.25, -0.2) is 9.97 Å². The zero-order valence-electron chi connectivity index (χ0n) is 13.7. The van der Waals surface area contributed by atoms with Crippen LogP contribution >= 0.6 is 0 Å². The van der Waals surface area contributed by atoms with Gasteiger partial charge in [-0.15, -0.1) is 0 Å². The van der Waals surface area contributed by atoms with E-state index in [4.69, 9.17) is 0 Å². The summed E-state index contributed by atoms with van der Waals surface area (Å²) in [5, 5.41) is 7.06. The quantitative estimate of drug-likeness (QED) is 0.931. The average Bonchev–Trinajstić information content (AvgIpc) is 3.35. The van der Waals surface area contributed by atoms with Gasteiger partial charge < -0.3 is 9.80 Å². The van der Waals surface area contributed by atoms with Crippen LogP contribution in [0.3, 0.4) is 0 Å². The van der Waals surface area contributed by atoms with E-state index >= 15 is 0 Å². The number of rotatable bonds is 3. The van der Waals surface area contributed by atoms with Crippen LogP contribution in [0.1, 0.15) is 47.8 Å². The Morgan fingerprint density at radius 2 is 2.00 bits per heavy atom. The van der Waals surface area contributed by atoms with Crippen molar-refractivity contribution in [1.82, 2.24) is 25.1 Å². The van der Waals surface area contributed by atoms with E-state index in [1.54, 1.807) is 18.5 Å². The summed E-state index contributed by atoms with van der Waals surface area (Å²) in [6.07, 6.45) is 7.88. The molecule has 0 aromatic carbocycles. The number of H-pyrrole nitrogens is 1. The van der Waals surface area contributed by atoms with Crippen LogP contribution in [0.4, 0.5) is 5.95 Å². The van der Waals surface area contributed by atoms with Gasteiger partial charge in [-0.05, 0) is 37.8 Å². The monoisotopic (exact) mass is 326 g/mol. The predicted molar refractivity (Wildman–Crippen MR) is 89.9 cm³/mol. The largest absolute Gasteiger partial charge is 0.341 e. The number of piperidine rings is 1. The standard InChI is InChI=1S/C17H22N6O/c24-16(15-5-7-18-17(20-15)22-9-1-2-10-22)23-11-3-4-13(12-23)14-6-8-19-21-14/h5-8,13H,1-4,9-12H2,(H,19,21). The molecule has 2 saturated heterocycles. The van der Waals surface area contributed by atoms with Crippen LogP contribution in [-0.4, -0.2) is 57.2 Å². The van der Waals surface area contributed by atoms with Gasteiger partial charge in [0.1, 0.15) is 5.69 Å². The number of hydrogen-bond acceptors (Lipinski definition) is 5. The summed E-state index contributed by atoms with van der Waals surface area (Å²) in [5.74, 6) is 1.01. The fourth-order valence-corrected chi connectivity index (χ4v) is 3.61. The number of nitrogens with zero attached hydrogens (tertiary/aromatic N) is 5. The summed E-state index contributed by atoms with van der Waals surface area (Å²) in [6, 6.07) is 3.72. The van der Waals surface area contributed by atoms with E-state index in [9.17, 15) is 4.79 Å². The normalized spacial score (nSPS) is 21.2. The number of aromatic nitrogens is 4. The predicted octanol–water partition coefficient (Wildman–Crippen LogP) is 1.82. The second-order valence-electron chi connectivity index (χ2n) is 6.54. The summed E-state index contributed by atoms with van der Waals surface area (Å²) in [6.45, 7) is 3.45. The zero-order chi connectivity index (χ0) is 16.4. The number of nitrogens with one attached hydrogen (secondary N) is 1. The highest BCUT2D eigenvalue weighted by Gasteiger charge is 2.27. The topological polar surface area (TPSA) is 78.0 Å². The number of carbonyl (C=O) groups excluding carboxylic acids is 1. The fourth-order valence-electron chi connectivity index (χ4n) is 3.61. The van der Waals surface area contributed by atoms with Gasteiger partial charge in [0.05, 0.1) is 0 Å². The fraction of sp³-hybridized carbons (Fsp3) is 0.529. The molecule has 0 saturated carbocycles. The van der Waals surface area contributed by atoms with Crippen molar-refractivity contribution in [2.24, 2.45) is 0 Å². The van der Waals surface area contributed by atoms with Gasteiger partial charge in [0.25, 0.3) is 5.91 Å². The second kappa shape index (κ2) is 6.59. The van der Waals surface area contributed by atoms with Gasteiger partial charge in [-0.2, -0.15) is 5.10 Å². The highest BCUT2D eigenvalue weighted by atomic mass is 16.2. The van der Waals surface area contributed by atoms with Crippen LogP contribution in [0.15, 0.2) is 24.5 Å². The lowest BCUT2D eigenvalue weighted by Crippen LogP contribution is -2.39. The molecular formula is C17H22N6O. The van der Waals surface area contributed by atoms with E-state index in [1.807, 2.05) is 11.0 Å². The first-order chi connectivity index (χ1) is 11.8. The molecule has 0 spiro atoms. The molecule has 2 aromatic rings. The number of likely N-dealkylation sites (tertiary alicyclic amines) is 1. The molecule has 4 rings (SSSR count). The van der Waals surface area contributed by atoms with Crippen molar-refractivity contribution in [2.45, 2.75) is 31.6 Å². The summed E-state index contributed by atoms with van der Waals surface area (Å²) in [4.78, 5) is 25.8. The van der Waals surface area contributed by atoms with Crippen molar-refractivity contribution in [3.8, 4) is 0 Å². The van der Waals surface area contributed by atoms with Crippen molar-refractivity contribution in [3.05, 3.63) is 35.9 Å².